The monoisotopic (exact) mass is 356 g/mol. The van der Waals surface area contributed by atoms with E-state index in [1.54, 1.807) is 0 Å². The van der Waals surface area contributed by atoms with Gasteiger partial charge in [-0.25, -0.2) is 0 Å². The first kappa shape index (κ1) is 16.6. The van der Waals surface area contributed by atoms with Gasteiger partial charge >= 0.3 is 0 Å². The minimum absolute atomic E-state index is 0.0384. The van der Waals surface area contributed by atoms with Crippen molar-refractivity contribution in [2.75, 3.05) is 25.0 Å². The first-order valence-electron chi connectivity index (χ1n) is 9.08. The van der Waals surface area contributed by atoms with Gasteiger partial charge in [-0.1, -0.05) is 12.1 Å². The molecule has 0 saturated heterocycles. The standard InChI is InChI=1S/C20H24N2O2S/c1-2-24-17-6-4-3-5-16(17)21-19(23)13-22-11-9-18-15(10-12-25-18)20(22)14-7-8-14/h3-6,10,12,14,20H,2,7-9,11,13H2,1H3,(H,21,23)/t20-/m0/s1. The van der Waals surface area contributed by atoms with Crippen LogP contribution in [0.25, 0.3) is 0 Å². The van der Waals surface area contributed by atoms with Crippen molar-refractivity contribution in [3.05, 3.63) is 46.2 Å². The summed E-state index contributed by atoms with van der Waals surface area (Å²) in [7, 11) is 0. The van der Waals surface area contributed by atoms with E-state index in [2.05, 4.69) is 21.7 Å². The fraction of sp³-hybridized carbons (Fsp3) is 0.450. The van der Waals surface area contributed by atoms with Crippen molar-refractivity contribution < 1.29 is 9.53 Å². The predicted molar refractivity (Wildman–Crippen MR) is 101 cm³/mol. The van der Waals surface area contributed by atoms with E-state index >= 15 is 0 Å². The SMILES string of the molecule is CCOc1ccccc1NC(=O)CN1CCc2sccc2[C@@H]1C1CC1. The van der Waals surface area contributed by atoms with E-state index in [1.807, 2.05) is 42.5 Å². The molecule has 0 bridgehead atoms. The number of fused-ring (bicyclic) bond motifs is 1. The Morgan fingerprint density at radius 1 is 1.32 bits per heavy atom. The zero-order chi connectivity index (χ0) is 17.2. The number of hydrogen-bond donors (Lipinski definition) is 1. The molecular weight excluding hydrogens is 332 g/mol. The lowest BCUT2D eigenvalue weighted by Crippen LogP contribution is -2.41. The molecule has 4 nitrogen and oxygen atoms in total. The number of carbonyl (C=O) groups excluding carboxylic acids is 1. The van der Waals surface area contributed by atoms with Gasteiger partial charge in [-0.15, -0.1) is 11.3 Å². The third kappa shape index (κ3) is 3.58. The van der Waals surface area contributed by atoms with Gasteiger partial charge in [0.15, 0.2) is 0 Å². The molecule has 2 aromatic rings. The highest BCUT2D eigenvalue weighted by Crippen LogP contribution is 2.48. The van der Waals surface area contributed by atoms with Crippen molar-refractivity contribution >= 4 is 22.9 Å². The molecule has 0 spiro atoms. The quantitative estimate of drug-likeness (QED) is 0.847. The Hall–Kier alpha value is -1.85. The largest absolute Gasteiger partial charge is 0.492 e. The summed E-state index contributed by atoms with van der Waals surface area (Å²) in [5.41, 5.74) is 2.21. The third-order valence-electron chi connectivity index (χ3n) is 4.99. The van der Waals surface area contributed by atoms with Crippen LogP contribution in [0.3, 0.4) is 0 Å². The molecule has 0 unspecified atom stereocenters. The van der Waals surface area contributed by atoms with Crippen molar-refractivity contribution in [2.24, 2.45) is 5.92 Å². The second kappa shape index (κ2) is 7.18. The Balaban J connectivity index is 1.46. The molecule has 1 fully saturated rings. The smallest absolute Gasteiger partial charge is 0.238 e. The second-order valence-corrected chi connectivity index (χ2v) is 7.78. The molecule has 2 heterocycles. The molecule has 132 valence electrons. The van der Waals surface area contributed by atoms with Crippen molar-refractivity contribution in [2.45, 2.75) is 32.2 Å². The number of thiophene rings is 1. The third-order valence-corrected chi connectivity index (χ3v) is 5.99. The number of benzene rings is 1. The molecular formula is C20H24N2O2S. The average molecular weight is 356 g/mol. The number of nitrogens with zero attached hydrogens (tertiary/aromatic N) is 1. The Morgan fingerprint density at radius 2 is 2.16 bits per heavy atom. The van der Waals surface area contributed by atoms with Crippen LogP contribution in [-0.4, -0.2) is 30.5 Å². The van der Waals surface area contributed by atoms with Crippen LogP contribution in [0.5, 0.6) is 5.75 Å². The number of nitrogens with one attached hydrogen (secondary N) is 1. The molecule has 1 amide bonds. The van der Waals surface area contributed by atoms with E-state index in [-0.39, 0.29) is 5.91 Å². The first-order chi connectivity index (χ1) is 12.3. The Labute approximate surface area is 152 Å². The average Bonchev–Trinajstić information content (AvgIpc) is 3.33. The highest BCUT2D eigenvalue weighted by molar-refractivity contribution is 7.10. The Morgan fingerprint density at radius 3 is 2.96 bits per heavy atom. The highest BCUT2D eigenvalue weighted by Gasteiger charge is 2.40. The Kier molecular flexibility index (Phi) is 4.77. The number of carbonyl (C=O) groups is 1. The first-order valence-corrected chi connectivity index (χ1v) is 9.96. The molecule has 25 heavy (non-hydrogen) atoms. The van der Waals surface area contributed by atoms with Crippen molar-refractivity contribution in [1.29, 1.82) is 0 Å². The zero-order valence-corrected chi connectivity index (χ0v) is 15.3. The molecule has 1 aliphatic heterocycles. The molecule has 5 heteroatoms. The van der Waals surface area contributed by atoms with Gasteiger partial charge in [-0.05, 0) is 61.2 Å². The minimum Gasteiger partial charge on any atom is -0.492 e. The molecule has 1 aromatic carbocycles. The summed E-state index contributed by atoms with van der Waals surface area (Å²) in [5.74, 6) is 1.49. The number of anilines is 1. The van der Waals surface area contributed by atoms with Gasteiger partial charge in [-0.2, -0.15) is 0 Å². The molecule has 4 rings (SSSR count). The molecule has 1 aliphatic carbocycles. The lowest BCUT2D eigenvalue weighted by atomic mass is 9.96. The highest BCUT2D eigenvalue weighted by atomic mass is 32.1. The van der Waals surface area contributed by atoms with Crippen LogP contribution in [0, 0.1) is 5.92 Å². The van der Waals surface area contributed by atoms with Crippen molar-refractivity contribution in [3.8, 4) is 5.75 Å². The zero-order valence-electron chi connectivity index (χ0n) is 14.5. The summed E-state index contributed by atoms with van der Waals surface area (Å²) in [6.45, 7) is 3.95. The molecule has 1 atom stereocenters. The van der Waals surface area contributed by atoms with Gasteiger partial charge in [0.1, 0.15) is 5.75 Å². The lowest BCUT2D eigenvalue weighted by molar-refractivity contribution is -0.118. The summed E-state index contributed by atoms with van der Waals surface area (Å²) < 4.78 is 5.61. The number of para-hydroxylation sites is 2. The van der Waals surface area contributed by atoms with E-state index in [9.17, 15) is 4.79 Å². The summed E-state index contributed by atoms with van der Waals surface area (Å²) >= 11 is 1.86. The van der Waals surface area contributed by atoms with Gasteiger partial charge in [0.2, 0.25) is 5.91 Å². The van der Waals surface area contributed by atoms with E-state index in [4.69, 9.17) is 4.74 Å². The summed E-state index contributed by atoms with van der Waals surface area (Å²) in [6, 6.07) is 10.3. The maximum Gasteiger partial charge on any atom is 0.238 e. The van der Waals surface area contributed by atoms with Crippen LogP contribution >= 0.6 is 11.3 Å². The van der Waals surface area contributed by atoms with Crippen LogP contribution < -0.4 is 10.1 Å². The van der Waals surface area contributed by atoms with E-state index < -0.39 is 0 Å². The van der Waals surface area contributed by atoms with Crippen LogP contribution in [0.15, 0.2) is 35.7 Å². The molecule has 0 radical (unpaired) electrons. The van der Waals surface area contributed by atoms with E-state index in [1.165, 1.54) is 23.3 Å². The molecule has 1 N–H and O–H groups in total. The summed E-state index contributed by atoms with van der Waals surface area (Å²) in [4.78, 5) is 16.5. The molecule has 2 aliphatic rings. The predicted octanol–water partition coefficient (Wildman–Crippen LogP) is 4.09. The number of rotatable bonds is 6. The minimum atomic E-state index is 0.0384. The summed E-state index contributed by atoms with van der Waals surface area (Å²) in [6.07, 6.45) is 3.62. The fourth-order valence-electron chi connectivity index (χ4n) is 3.77. The van der Waals surface area contributed by atoms with Gasteiger partial charge in [0.05, 0.1) is 18.8 Å². The van der Waals surface area contributed by atoms with Gasteiger partial charge in [0, 0.05) is 17.5 Å². The van der Waals surface area contributed by atoms with Gasteiger partial charge in [0.25, 0.3) is 0 Å². The van der Waals surface area contributed by atoms with Crippen LogP contribution in [0.2, 0.25) is 0 Å². The van der Waals surface area contributed by atoms with Gasteiger partial charge in [-0.3, -0.25) is 9.69 Å². The molecule has 1 saturated carbocycles. The fourth-order valence-corrected chi connectivity index (χ4v) is 4.68. The second-order valence-electron chi connectivity index (χ2n) is 6.78. The van der Waals surface area contributed by atoms with Gasteiger partial charge < -0.3 is 10.1 Å². The van der Waals surface area contributed by atoms with Crippen LogP contribution in [0.4, 0.5) is 5.69 Å². The number of ether oxygens (including phenoxy) is 1. The number of hydrogen-bond acceptors (Lipinski definition) is 4. The van der Waals surface area contributed by atoms with Crippen molar-refractivity contribution in [3.63, 3.8) is 0 Å². The maximum absolute atomic E-state index is 12.7. The lowest BCUT2D eigenvalue weighted by Gasteiger charge is -2.35. The normalized spacial score (nSPS) is 20.1. The topological polar surface area (TPSA) is 41.6 Å². The van der Waals surface area contributed by atoms with Crippen molar-refractivity contribution in [1.82, 2.24) is 4.90 Å². The molecule has 1 aromatic heterocycles. The van der Waals surface area contributed by atoms with E-state index in [0.717, 1.165) is 30.3 Å². The summed E-state index contributed by atoms with van der Waals surface area (Å²) in [5, 5.41) is 5.23. The van der Waals surface area contributed by atoms with Crippen LogP contribution in [-0.2, 0) is 11.2 Å². The maximum atomic E-state index is 12.7. The number of amides is 1. The Bertz CT molecular complexity index is 754. The van der Waals surface area contributed by atoms with E-state index in [0.29, 0.717) is 19.2 Å². The van der Waals surface area contributed by atoms with Crippen LogP contribution in [0.1, 0.15) is 36.2 Å².